The first kappa shape index (κ1) is 15.6. The van der Waals surface area contributed by atoms with Gasteiger partial charge in [0, 0.05) is 0 Å². The average molecular weight is 311 g/mol. The summed E-state index contributed by atoms with van der Waals surface area (Å²) in [6.45, 7) is 3.15. The maximum atomic E-state index is 11.7. The van der Waals surface area contributed by atoms with E-state index in [-0.39, 0.29) is 0 Å². The fourth-order valence-electron chi connectivity index (χ4n) is 1.53. The number of carbonyl (C=O) groups excluding carboxylic acids is 1. The third-order valence-electron chi connectivity index (χ3n) is 2.37. The maximum Gasteiger partial charge on any atom is 0.272 e. The number of carbonyl (C=O) groups is 1. The van der Waals surface area contributed by atoms with Gasteiger partial charge in [0.2, 0.25) is 0 Å². The second kappa shape index (κ2) is 5.66. The van der Waals surface area contributed by atoms with Crippen molar-refractivity contribution in [3.8, 4) is 0 Å². The Morgan fingerprint density at radius 3 is 2.11 bits per heavy atom. The molecule has 1 aromatic rings. The van der Waals surface area contributed by atoms with Gasteiger partial charge in [0.05, 0.1) is 11.6 Å². The largest absolute Gasteiger partial charge is 0.388 e. The first-order valence-corrected chi connectivity index (χ1v) is 6.41. The Kier molecular flexibility index (Phi) is 4.90. The second-order valence-corrected chi connectivity index (χ2v) is 6.75. The standard InChI is InChI=1S/C12H14Cl3NO2/c1-11(2,18)9(8-6-4-3-5-7-8)16-10(17)12(13,14)15/h3-7,9,18H,1-2H3,(H,16,17). The summed E-state index contributed by atoms with van der Waals surface area (Å²) in [4.78, 5) is 11.7. The van der Waals surface area contributed by atoms with E-state index in [1.54, 1.807) is 38.1 Å². The Bertz CT molecular complexity index is 410. The smallest absolute Gasteiger partial charge is 0.272 e. The number of halogens is 3. The highest BCUT2D eigenvalue weighted by atomic mass is 35.6. The number of hydrogen-bond donors (Lipinski definition) is 2. The van der Waals surface area contributed by atoms with E-state index in [2.05, 4.69) is 5.32 Å². The van der Waals surface area contributed by atoms with Gasteiger partial charge < -0.3 is 10.4 Å². The molecule has 0 heterocycles. The van der Waals surface area contributed by atoms with E-state index in [9.17, 15) is 9.90 Å². The number of benzene rings is 1. The normalized spacial score (nSPS) is 14.1. The van der Waals surface area contributed by atoms with Crippen LogP contribution in [0.5, 0.6) is 0 Å². The van der Waals surface area contributed by atoms with Crippen LogP contribution in [0.3, 0.4) is 0 Å². The summed E-state index contributed by atoms with van der Waals surface area (Å²) in [5.41, 5.74) is -0.458. The van der Waals surface area contributed by atoms with Gasteiger partial charge in [-0.2, -0.15) is 0 Å². The third kappa shape index (κ3) is 4.32. The molecule has 0 aliphatic carbocycles. The van der Waals surface area contributed by atoms with Crippen molar-refractivity contribution in [1.29, 1.82) is 0 Å². The van der Waals surface area contributed by atoms with E-state index in [4.69, 9.17) is 34.8 Å². The molecule has 2 N–H and O–H groups in total. The fraction of sp³-hybridized carbons (Fsp3) is 0.417. The Balaban J connectivity index is 2.99. The van der Waals surface area contributed by atoms with Crippen molar-refractivity contribution >= 4 is 40.7 Å². The van der Waals surface area contributed by atoms with E-state index in [0.717, 1.165) is 5.56 Å². The molecule has 18 heavy (non-hydrogen) atoms. The van der Waals surface area contributed by atoms with Crippen LogP contribution < -0.4 is 5.32 Å². The van der Waals surface area contributed by atoms with Gasteiger partial charge in [-0.05, 0) is 19.4 Å². The van der Waals surface area contributed by atoms with Crippen LogP contribution in [0.2, 0.25) is 0 Å². The molecule has 0 saturated carbocycles. The molecule has 3 nitrogen and oxygen atoms in total. The first-order valence-electron chi connectivity index (χ1n) is 5.27. The Morgan fingerprint density at radius 2 is 1.72 bits per heavy atom. The Hall–Kier alpha value is -0.480. The molecule has 0 bridgehead atoms. The van der Waals surface area contributed by atoms with Gasteiger partial charge >= 0.3 is 0 Å². The third-order valence-corrected chi connectivity index (χ3v) is 2.89. The van der Waals surface area contributed by atoms with Crippen LogP contribution in [0, 0.1) is 0 Å². The van der Waals surface area contributed by atoms with Crippen LogP contribution in [-0.4, -0.2) is 20.4 Å². The first-order chi connectivity index (χ1) is 8.12. The van der Waals surface area contributed by atoms with Gasteiger partial charge in [-0.25, -0.2) is 0 Å². The van der Waals surface area contributed by atoms with E-state index in [0.29, 0.717) is 0 Å². The topological polar surface area (TPSA) is 49.3 Å². The number of rotatable bonds is 3. The molecule has 0 aliphatic rings. The van der Waals surface area contributed by atoms with Crippen LogP contribution in [0.1, 0.15) is 25.5 Å². The lowest BCUT2D eigenvalue weighted by Crippen LogP contribution is -2.46. The molecule has 6 heteroatoms. The lowest BCUT2D eigenvalue weighted by Gasteiger charge is -2.31. The average Bonchev–Trinajstić information content (AvgIpc) is 2.23. The zero-order valence-corrected chi connectivity index (χ0v) is 12.2. The molecular formula is C12H14Cl3NO2. The van der Waals surface area contributed by atoms with Crippen molar-refractivity contribution in [2.75, 3.05) is 0 Å². The summed E-state index contributed by atoms with van der Waals surface area (Å²) in [6.07, 6.45) is 0. The monoisotopic (exact) mass is 309 g/mol. The molecule has 0 aromatic heterocycles. The van der Waals surface area contributed by atoms with Crippen molar-refractivity contribution in [1.82, 2.24) is 5.32 Å². The summed E-state index contributed by atoms with van der Waals surface area (Å²) in [6, 6.07) is 8.33. The highest BCUT2D eigenvalue weighted by Crippen LogP contribution is 2.30. The van der Waals surface area contributed by atoms with Gasteiger partial charge in [0.1, 0.15) is 0 Å². The molecular weight excluding hydrogens is 296 g/mol. The summed E-state index contributed by atoms with van der Waals surface area (Å²) in [5.74, 6) is -0.775. The molecule has 1 unspecified atom stereocenters. The summed E-state index contributed by atoms with van der Waals surface area (Å²) < 4.78 is -2.06. The van der Waals surface area contributed by atoms with Crippen LogP contribution in [-0.2, 0) is 4.79 Å². The van der Waals surface area contributed by atoms with Crippen LogP contribution in [0.15, 0.2) is 30.3 Å². The molecule has 0 spiro atoms. The minimum absolute atomic E-state index is 0.665. The minimum atomic E-state index is -2.06. The van der Waals surface area contributed by atoms with Crippen molar-refractivity contribution in [2.24, 2.45) is 0 Å². The Labute approximate surface area is 121 Å². The molecule has 0 radical (unpaired) electrons. The van der Waals surface area contributed by atoms with Crippen LogP contribution in [0.4, 0.5) is 0 Å². The quantitative estimate of drug-likeness (QED) is 0.843. The fourth-order valence-corrected chi connectivity index (χ4v) is 1.69. The lowest BCUT2D eigenvalue weighted by atomic mass is 9.92. The molecule has 1 aromatic carbocycles. The van der Waals surface area contributed by atoms with Gasteiger partial charge in [-0.15, -0.1) is 0 Å². The molecule has 100 valence electrons. The maximum absolute atomic E-state index is 11.7. The number of hydrogen-bond acceptors (Lipinski definition) is 2. The highest BCUT2D eigenvalue weighted by Gasteiger charge is 2.37. The zero-order valence-electron chi connectivity index (χ0n) is 9.95. The van der Waals surface area contributed by atoms with Gasteiger partial charge in [-0.3, -0.25) is 4.79 Å². The van der Waals surface area contributed by atoms with Gasteiger partial charge in [-0.1, -0.05) is 65.1 Å². The van der Waals surface area contributed by atoms with E-state index >= 15 is 0 Å². The van der Waals surface area contributed by atoms with E-state index in [1.165, 1.54) is 0 Å². The second-order valence-electron chi connectivity index (χ2n) is 4.47. The molecule has 0 fully saturated rings. The molecule has 0 aliphatic heterocycles. The summed E-state index contributed by atoms with van der Waals surface area (Å²) in [5, 5.41) is 12.6. The van der Waals surface area contributed by atoms with Crippen molar-refractivity contribution in [3.05, 3.63) is 35.9 Å². The number of amides is 1. The van der Waals surface area contributed by atoms with Crippen molar-refractivity contribution in [3.63, 3.8) is 0 Å². The van der Waals surface area contributed by atoms with Gasteiger partial charge in [0.15, 0.2) is 0 Å². The van der Waals surface area contributed by atoms with Crippen LogP contribution in [0.25, 0.3) is 0 Å². The number of alkyl halides is 3. The van der Waals surface area contributed by atoms with Crippen LogP contribution >= 0.6 is 34.8 Å². The number of nitrogens with one attached hydrogen (secondary N) is 1. The SMILES string of the molecule is CC(C)(O)C(NC(=O)C(Cl)(Cl)Cl)c1ccccc1. The summed E-state index contributed by atoms with van der Waals surface area (Å²) in [7, 11) is 0. The van der Waals surface area contributed by atoms with E-state index in [1.807, 2.05) is 6.07 Å². The molecule has 1 atom stereocenters. The molecule has 0 saturated heterocycles. The zero-order chi connectivity index (χ0) is 14.0. The Morgan fingerprint density at radius 1 is 1.22 bits per heavy atom. The highest BCUT2D eigenvalue weighted by molar-refractivity contribution is 6.76. The van der Waals surface area contributed by atoms with E-state index < -0.39 is 21.3 Å². The minimum Gasteiger partial charge on any atom is -0.388 e. The van der Waals surface area contributed by atoms with Gasteiger partial charge in [0.25, 0.3) is 9.70 Å². The molecule has 1 amide bonds. The molecule has 1 rings (SSSR count). The lowest BCUT2D eigenvalue weighted by molar-refractivity contribution is -0.123. The number of aliphatic hydroxyl groups is 1. The predicted molar refractivity (Wildman–Crippen MR) is 73.9 cm³/mol. The summed E-state index contributed by atoms with van der Waals surface area (Å²) >= 11 is 16.5. The predicted octanol–water partition coefficient (Wildman–Crippen LogP) is 2.99. The van der Waals surface area contributed by atoms with Crippen molar-refractivity contribution in [2.45, 2.75) is 29.3 Å². The van der Waals surface area contributed by atoms with Crippen molar-refractivity contribution < 1.29 is 9.90 Å².